The molecule has 1 atom stereocenters. The van der Waals surface area contributed by atoms with Crippen LogP contribution in [0.3, 0.4) is 0 Å². The van der Waals surface area contributed by atoms with Crippen LogP contribution in [-0.4, -0.2) is 23.5 Å². The molecule has 50 valence electrons. The van der Waals surface area contributed by atoms with Crippen LogP contribution in [0.15, 0.2) is 0 Å². The Labute approximate surface area is 50.7 Å². The number of hydrogen-bond donors (Lipinski definition) is 2. The average molecular weight is 141 g/mol. The van der Waals surface area contributed by atoms with E-state index in [1.165, 1.54) is 0 Å². The number of rotatable bonds is 4. The van der Waals surface area contributed by atoms with Crippen LogP contribution in [0, 0.1) is 0 Å². The van der Waals surface area contributed by atoms with Gasteiger partial charge < -0.3 is 5.73 Å². The highest BCUT2D eigenvalue weighted by Gasteiger charge is 2.00. The Morgan fingerprint density at radius 1 is 1.88 bits per heavy atom. The molecule has 0 aromatic rings. The predicted octanol–water partition coefficient (Wildman–Crippen LogP) is -0.840. The average Bonchev–Trinajstić information content (AvgIpc) is 1.83. The molecule has 0 aliphatic heterocycles. The molecule has 0 saturated heterocycles. The quantitative estimate of drug-likeness (QED) is 0.502. The largest absolute Gasteiger partial charge is 0.328 e. The van der Waals surface area contributed by atoms with E-state index in [1.54, 1.807) is 0 Å². The molecule has 0 bridgehead atoms. The number of thiol groups is 1. The van der Waals surface area contributed by atoms with Crippen LogP contribution < -0.4 is 5.73 Å². The third-order valence-electron chi connectivity index (χ3n) is 0.564. The first-order valence-electron chi connectivity index (χ1n) is 2.10. The maximum absolute atomic E-state index is 11.9. The zero-order chi connectivity index (χ0) is 6.41. The zero-order valence-electron chi connectivity index (χ0n) is 4.21. The van der Waals surface area contributed by atoms with Gasteiger partial charge in [-0.15, -0.1) is 0 Å². The molecule has 8 heavy (non-hydrogen) atoms. The normalized spacial score (nSPS) is 13.8. The predicted molar refractivity (Wildman–Crippen MR) is 29.4 cm³/mol. The van der Waals surface area contributed by atoms with Gasteiger partial charge in [-0.25, -0.2) is 8.60 Å². The minimum absolute atomic E-state index is 0.0878. The Bertz CT molecular complexity index is 72.3. The van der Waals surface area contributed by atoms with E-state index < -0.39 is 18.1 Å². The van der Waals surface area contributed by atoms with Crippen molar-refractivity contribution in [2.45, 2.75) is 6.17 Å². The number of alkyl halides is 1. The van der Waals surface area contributed by atoms with Crippen molar-refractivity contribution in [1.29, 1.82) is 0 Å². The molecule has 0 radical (unpaired) electrons. The lowest BCUT2D eigenvalue weighted by molar-refractivity contribution is 0.220. The molecule has 0 unspecified atom stereocenters. The number of hydrogen-bond acceptors (Lipinski definition) is 3. The second-order valence-corrected chi connectivity index (χ2v) is 1.61. The molecular weight excluding hydrogens is 133 g/mol. The van der Waals surface area contributed by atoms with Crippen molar-refractivity contribution in [3.8, 4) is 0 Å². The van der Waals surface area contributed by atoms with Crippen molar-refractivity contribution in [2.24, 2.45) is 5.73 Å². The second kappa shape index (κ2) is 5.14. The Kier molecular flexibility index (Phi) is 5.14. The summed E-state index contributed by atoms with van der Waals surface area (Å²) in [7, 11) is 0. The number of halogens is 1. The highest BCUT2D eigenvalue weighted by atomic mass is 32.2. The molecule has 3 nitrogen and oxygen atoms in total. The molecule has 0 rings (SSSR count). The molecule has 2 N–H and O–H groups in total. The van der Waals surface area contributed by atoms with Crippen LogP contribution in [0.1, 0.15) is 0 Å². The van der Waals surface area contributed by atoms with E-state index in [1.807, 2.05) is 0 Å². The van der Waals surface area contributed by atoms with Crippen LogP contribution in [0.5, 0.6) is 0 Å². The van der Waals surface area contributed by atoms with Gasteiger partial charge >= 0.3 is 0 Å². The van der Waals surface area contributed by atoms with Gasteiger partial charge in [0.1, 0.15) is 18.1 Å². The summed E-state index contributed by atoms with van der Waals surface area (Å²) >= 11 is -0.496. The SMILES string of the molecule is NC[C@H](F)CO[SH]=O. The first-order valence-corrected chi connectivity index (χ1v) is 2.83. The van der Waals surface area contributed by atoms with Gasteiger partial charge in [0.05, 0.1) is 6.61 Å². The zero-order valence-corrected chi connectivity index (χ0v) is 5.11. The van der Waals surface area contributed by atoms with Crippen LogP contribution >= 0.6 is 0 Å². The van der Waals surface area contributed by atoms with Gasteiger partial charge in [-0.1, -0.05) is 0 Å². The Hall–Kier alpha value is -0.0000000000000000555. The molecule has 0 heterocycles. The number of nitrogens with two attached hydrogens (primary N) is 1. The highest BCUT2D eigenvalue weighted by Crippen LogP contribution is 1.86. The second-order valence-electron chi connectivity index (χ2n) is 1.20. The lowest BCUT2D eigenvalue weighted by Gasteiger charge is -1.98. The standard InChI is InChI=1S/C3H8FNO2S/c4-3(1-5)2-7-8-6/h3,8H,1-2,5H2/t3-/m0/s1. The molecule has 0 spiro atoms. The van der Waals surface area contributed by atoms with Gasteiger partial charge in [0.15, 0.2) is 0 Å². The van der Waals surface area contributed by atoms with Crippen LogP contribution in [-0.2, 0) is 16.1 Å². The van der Waals surface area contributed by atoms with E-state index in [0.29, 0.717) is 0 Å². The first kappa shape index (κ1) is 8.00. The van der Waals surface area contributed by atoms with Crippen molar-refractivity contribution in [3.63, 3.8) is 0 Å². The van der Waals surface area contributed by atoms with E-state index in [-0.39, 0.29) is 13.2 Å². The van der Waals surface area contributed by atoms with Gasteiger partial charge in [-0.2, -0.15) is 0 Å². The smallest absolute Gasteiger partial charge is 0.142 e. The molecule has 0 aliphatic carbocycles. The van der Waals surface area contributed by atoms with Gasteiger partial charge in [0.25, 0.3) is 0 Å². The van der Waals surface area contributed by atoms with Crippen molar-refractivity contribution in [2.75, 3.05) is 13.2 Å². The topological polar surface area (TPSA) is 52.3 Å². The molecular formula is C3H8FNO2S. The van der Waals surface area contributed by atoms with E-state index >= 15 is 0 Å². The third kappa shape index (κ3) is 4.17. The van der Waals surface area contributed by atoms with Gasteiger partial charge in [-0.05, 0) is 0 Å². The molecule has 0 fully saturated rings. The summed E-state index contributed by atoms with van der Waals surface area (Å²) in [5.41, 5.74) is 4.85. The minimum atomic E-state index is -1.20. The van der Waals surface area contributed by atoms with Crippen LogP contribution in [0.4, 0.5) is 4.39 Å². The summed E-state index contributed by atoms with van der Waals surface area (Å²) in [6.07, 6.45) is -1.20. The van der Waals surface area contributed by atoms with Crippen molar-refractivity contribution >= 4 is 11.9 Å². The van der Waals surface area contributed by atoms with Crippen LogP contribution in [0.2, 0.25) is 0 Å². The van der Waals surface area contributed by atoms with Crippen molar-refractivity contribution in [1.82, 2.24) is 0 Å². The lowest BCUT2D eigenvalue weighted by atomic mass is 10.4. The molecule has 0 amide bonds. The third-order valence-corrected chi connectivity index (χ3v) is 0.818. The molecule has 5 heteroatoms. The Balaban J connectivity index is 2.97. The fourth-order valence-electron chi connectivity index (χ4n) is 0.179. The Morgan fingerprint density at radius 3 is 2.88 bits per heavy atom. The summed E-state index contributed by atoms with van der Waals surface area (Å²) in [6, 6.07) is 0. The molecule has 0 aromatic carbocycles. The van der Waals surface area contributed by atoms with E-state index in [0.717, 1.165) is 0 Å². The minimum Gasteiger partial charge on any atom is -0.328 e. The Morgan fingerprint density at radius 2 is 2.50 bits per heavy atom. The van der Waals surface area contributed by atoms with Gasteiger partial charge in [0.2, 0.25) is 0 Å². The maximum atomic E-state index is 11.9. The fourth-order valence-corrected chi connectivity index (χ4v) is 0.402. The first-order chi connectivity index (χ1) is 3.81. The molecule has 0 saturated carbocycles. The summed E-state index contributed by atoms with van der Waals surface area (Å²) in [5, 5.41) is 0. The van der Waals surface area contributed by atoms with Crippen LogP contribution in [0.25, 0.3) is 0 Å². The monoisotopic (exact) mass is 141 g/mol. The molecule has 0 aliphatic rings. The highest BCUT2D eigenvalue weighted by molar-refractivity contribution is 7.60. The van der Waals surface area contributed by atoms with Gasteiger partial charge in [-0.3, -0.25) is 4.18 Å². The lowest BCUT2D eigenvalue weighted by Crippen LogP contribution is -2.19. The maximum Gasteiger partial charge on any atom is 0.142 e. The van der Waals surface area contributed by atoms with Crippen molar-refractivity contribution in [3.05, 3.63) is 0 Å². The summed E-state index contributed by atoms with van der Waals surface area (Å²) in [4.78, 5) is 0. The fraction of sp³-hybridized carbons (Fsp3) is 1.00. The van der Waals surface area contributed by atoms with E-state index in [9.17, 15) is 8.60 Å². The van der Waals surface area contributed by atoms with E-state index in [4.69, 9.17) is 5.73 Å². The van der Waals surface area contributed by atoms with E-state index in [2.05, 4.69) is 4.18 Å². The van der Waals surface area contributed by atoms with Gasteiger partial charge in [0, 0.05) is 6.54 Å². The summed E-state index contributed by atoms with van der Waals surface area (Å²) < 4.78 is 25.6. The summed E-state index contributed by atoms with van der Waals surface area (Å²) in [5.74, 6) is 0. The summed E-state index contributed by atoms with van der Waals surface area (Å²) in [6.45, 7) is -0.281. The van der Waals surface area contributed by atoms with Crippen molar-refractivity contribution < 1.29 is 12.8 Å². The molecule has 0 aromatic heterocycles.